The smallest absolute Gasteiger partial charge is 0.142 e. The van der Waals surface area contributed by atoms with Gasteiger partial charge in [-0.05, 0) is 37.5 Å². The highest BCUT2D eigenvalue weighted by Crippen LogP contribution is 2.38. The van der Waals surface area contributed by atoms with E-state index in [2.05, 4.69) is 15.0 Å². The molecule has 21 heavy (non-hydrogen) atoms. The second-order valence-electron chi connectivity index (χ2n) is 5.51. The molecule has 5 nitrogen and oxygen atoms in total. The molecule has 0 bridgehead atoms. The Labute approximate surface area is 126 Å². The van der Waals surface area contributed by atoms with Gasteiger partial charge in [-0.2, -0.15) is 0 Å². The maximum absolute atomic E-state index is 6.30. The highest BCUT2D eigenvalue weighted by molar-refractivity contribution is 7.21. The van der Waals surface area contributed by atoms with E-state index in [4.69, 9.17) is 10.5 Å². The van der Waals surface area contributed by atoms with Gasteiger partial charge in [0.25, 0.3) is 0 Å². The Balaban J connectivity index is 1.73. The van der Waals surface area contributed by atoms with Crippen LogP contribution in [0.25, 0.3) is 20.9 Å². The van der Waals surface area contributed by atoms with E-state index in [-0.39, 0.29) is 5.54 Å². The van der Waals surface area contributed by atoms with Gasteiger partial charge >= 0.3 is 0 Å². The summed E-state index contributed by atoms with van der Waals surface area (Å²) in [6.45, 7) is 0. The Kier molecular flexibility index (Phi) is 2.77. The van der Waals surface area contributed by atoms with Crippen LogP contribution in [-0.2, 0) is 5.54 Å². The van der Waals surface area contributed by atoms with E-state index in [1.54, 1.807) is 18.4 Å². The third kappa shape index (κ3) is 2.02. The van der Waals surface area contributed by atoms with E-state index < -0.39 is 0 Å². The number of nitrogens with two attached hydrogens (primary N) is 1. The SMILES string of the molecule is COc1ccc2nc(-c3cnc(C4(N)CCC4)[nH]3)sc2c1. The predicted molar refractivity (Wildman–Crippen MR) is 83.5 cm³/mol. The van der Waals surface area contributed by atoms with Gasteiger partial charge in [0, 0.05) is 0 Å². The number of aromatic nitrogens is 3. The molecule has 1 fully saturated rings. The molecule has 3 N–H and O–H groups in total. The van der Waals surface area contributed by atoms with Crippen LogP contribution in [0.2, 0.25) is 0 Å². The lowest BCUT2D eigenvalue weighted by molar-refractivity contribution is 0.240. The second-order valence-corrected chi connectivity index (χ2v) is 6.54. The van der Waals surface area contributed by atoms with Crippen LogP contribution >= 0.6 is 11.3 Å². The third-order valence-electron chi connectivity index (χ3n) is 4.12. The molecule has 0 radical (unpaired) electrons. The highest BCUT2D eigenvalue weighted by atomic mass is 32.1. The number of hydrogen-bond donors (Lipinski definition) is 2. The van der Waals surface area contributed by atoms with Gasteiger partial charge in [0.15, 0.2) is 0 Å². The van der Waals surface area contributed by atoms with Crippen LogP contribution < -0.4 is 10.5 Å². The lowest BCUT2D eigenvalue weighted by Crippen LogP contribution is -2.44. The molecular weight excluding hydrogens is 284 g/mol. The van der Waals surface area contributed by atoms with Crippen LogP contribution in [0.15, 0.2) is 24.4 Å². The number of nitrogens with one attached hydrogen (secondary N) is 1. The molecule has 0 amide bonds. The van der Waals surface area contributed by atoms with Gasteiger partial charge in [0.05, 0.1) is 34.8 Å². The molecule has 0 atom stereocenters. The van der Waals surface area contributed by atoms with Gasteiger partial charge < -0.3 is 15.5 Å². The number of H-pyrrole nitrogens is 1. The zero-order chi connectivity index (χ0) is 14.4. The fourth-order valence-electron chi connectivity index (χ4n) is 2.62. The lowest BCUT2D eigenvalue weighted by Gasteiger charge is -2.35. The normalized spacial score (nSPS) is 16.9. The number of ether oxygens (including phenoxy) is 1. The van der Waals surface area contributed by atoms with Crippen LogP contribution in [0.1, 0.15) is 25.1 Å². The van der Waals surface area contributed by atoms with Gasteiger partial charge in [-0.25, -0.2) is 9.97 Å². The van der Waals surface area contributed by atoms with E-state index in [9.17, 15) is 0 Å². The molecule has 1 aliphatic rings. The van der Waals surface area contributed by atoms with Crippen molar-refractivity contribution in [2.24, 2.45) is 5.73 Å². The first kappa shape index (κ1) is 12.8. The molecule has 2 aromatic heterocycles. The summed E-state index contributed by atoms with van der Waals surface area (Å²) in [6.07, 6.45) is 5.00. The minimum absolute atomic E-state index is 0.266. The van der Waals surface area contributed by atoms with Gasteiger partial charge in [-0.15, -0.1) is 11.3 Å². The maximum atomic E-state index is 6.30. The first-order chi connectivity index (χ1) is 10.2. The monoisotopic (exact) mass is 300 g/mol. The Bertz CT molecular complexity index is 803. The molecule has 0 spiro atoms. The zero-order valence-corrected chi connectivity index (χ0v) is 12.5. The molecule has 0 aliphatic heterocycles. The van der Waals surface area contributed by atoms with Crippen LogP contribution in [-0.4, -0.2) is 22.1 Å². The van der Waals surface area contributed by atoms with Gasteiger partial charge in [0.1, 0.15) is 16.6 Å². The summed E-state index contributed by atoms with van der Waals surface area (Å²) in [4.78, 5) is 12.4. The highest BCUT2D eigenvalue weighted by Gasteiger charge is 2.37. The van der Waals surface area contributed by atoms with Crippen molar-refractivity contribution in [1.29, 1.82) is 0 Å². The maximum Gasteiger partial charge on any atom is 0.142 e. The standard InChI is InChI=1S/C15H16N4OS/c1-20-9-3-4-10-12(7-9)21-13(18-10)11-8-17-14(19-11)15(16)5-2-6-15/h3-4,7-8H,2,5-6,16H2,1H3,(H,17,19). The summed E-state index contributed by atoms with van der Waals surface area (Å²) in [7, 11) is 1.67. The molecule has 4 rings (SSSR count). The zero-order valence-electron chi connectivity index (χ0n) is 11.7. The molecule has 1 aromatic carbocycles. The van der Waals surface area contributed by atoms with E-state index >= 15 is 0 Å². The summed E-state index contributed by atoms with van der Waals surface area (Å²) in [5.41, 5.74) is 7.94. The first-order valence-electron chi connectivity index (χ1n) is 6.97. The predicted octanol–water partition coefficient (Wildman–Crippen LogP) is 3.03. The summed E-state index contributed by atoms with van der Waals surface area (Å²) in [5, 5.41) is 0.930. The van der Waals surface area contributed by atoms with Crippen molar-refractivity contribution in [1.82, 2.24) is 15.0 Å². The Morgan fingerprint density at radius 3 is 2.95 bits per heavy atom. The van der Waals surface area contributed by atoms with E-state index in [1.165, 1.54) is 6.42 Å². The topological polar surface area (TPSA) is 76.8 Å². The molecule has 2 heterocycles. The number of fused-ring (bicyclic) bond motifs is 1. The minimum atomic E-state index is -0.266. The number of aromatic amines is 1. The number of thiazole rings is 1. The minimum Gasteiger partial charge on any atom is -0.497 e. The quantitative estimate of drug-likeness (QED) is 0.779. The summed E-state index contributed by atoms with van der Waals surface area (Å²) >= 11 is 1.63. The Hall–Kier alpha value is -1.92. The van der Waals surface area contributed by atoms with Crippen molar-refractivity contribution in [2.75, 3.05) is 7.11 Å². The molecule has 6 heteroatoms. The molecule has 3 aromatic rings. The van der Waals surface area contributed by atoms with E-state index in [1.807, 2.05) is 24.4 Å². The molecular formula is C15H16N4OS. The number of benzene rings is 1. The van der Waals surface area contributed by atoms with Crippen LogP contribution in [0, 0.1) is 0 Å². The van der Waals surface area contributed by atoms with Crippen molar-refractivity contribution in [2.45, 2.75) is 24.8 Å². The third-order valence-corrected chi connectivity index (χ3v) is 5.17. The largest absolute Gasteiger partial charge is 0.497 e. The molecule has 1 aliphatic carbocycles. The fraction of sp³-hybridized carbons (Fsp3) is 0.333. The Morgan fingerprint density at radius 2 is 2.24 bits per heavy atom. The van der Waals surface area contributed by atoms with Gasteiger partial charge in [-0.3, -0.25) is 0 Å². The summed E-state index contributed by atoms with van der Waals surface area (Å²) in [5.74, 6) is 1.72. The fourth-order valence-corrected chi connectivity index (χ4v) is 3.58. The lowest BCUT2D eigenvalue weighted by atomic mass is 9.77. The summed E-state index contributed by atoms with van der Waals surface area (Å²) < 4.78 is 6.35. The average Bonchev–Trinajstić information content (AvgIpc) is 3.10. The first-order valence-corrected chi connectivity index (χ1v) is 7.79. The van der Waals surface area contributed by atoms with Crippen LogP contribution in [0.3, 0.4) is 0 Å². The van der Waals surface area contributed by atoms with Crippen molar-refractivity contribution >= 4 is 21.6 Å². The average molecular weight is 300 g/mol. The van der Waals surface area contributed by atoms with Crippen molar-refractivity contribution < 1.29 is 4.74 Å². The van der Waals surface area contributed by atoms with Crippen LogP contribution in [0.5, 0.6) is 5.75 Å². The van der Waals surface area contributed by atoms with Gasteiger partial charge in [-0.1, -0.05) is 0 Å². The molecule has 108 valence electrons. The van der Waals surface area contributed by atoms with E-state index in [0.29, 0.717) is 0 Å². The number of nitrogens with zero attached hydrogens (tertiary/aromatic N) is 2. The molecule has 0 unspecified atom stereocenters. The summed E-state index contributed by atoms with van der Waals surface area (Å²) in [6, 6.07) is 5.90. The van der Waals surface area contributed by atoms with Crippen LogP contribution in [0.4, 0.5) is 0 Å². The van der Waals surface area contributed by atoms with E-state index in [0.717, 1.165) is 45.3 Å². The molecule has 1 saturated carbocycles. The number of imidazole rings is 1. The number of methoxy groups -OCH3 is 1. The van der Waals surface area contributed by atoms with Crippen molar-refractivity contribution in [3.8, 4) is 16.5 Å². The van der Waals surface area contributed by atoms with Crippen molar-refractivity contribution in [3.63, 3.8) is 0 Å². The molecule has 0 saturated heterocycles. The number of hydrogen-bond acceptors (Lipinski definition) is 5. The second kappa shape index (κ2) is 4.54. The van der Waals surface area contributed by atoms with Crippen molar-refractivity contribution in [3.05, 3.63) is 30.2 Å². The Morgan fingerprint density at radius 1 is 1.38 bits per heavy atom. The van der Waals surface area contributed by atoms with Gasteiger partial charge in [0.2, 0.25) is 0 Å². The number of rotatable bonds is 3.